The predicted octanol–water partition coefficient (Wildman–Crippen LogP) is -0.335. The summed E-state index contributed by atoms with van der Waals surface area (Å²) in [6.45, 7) is 1.70. The Morgan fingerprint density at radius 2 is 2.18 bits per heavy atom. The summed E-state index contributed by atoms with van der Waals surface area (Å²) in [6.07, 6.45) is 1.24. The van der Waals surface area contributed by atoms with Gasteiger partial charge in [0.25, 0.3) is 0 Å². The van der Waals surface area contributed by atoms with Gasteiger partial charge in [-0.25, -0.2) is 14.8 Å². The van der Waals surface area contributed by atoms with Gasteiger partial charge in [-0.3, -0.25) is 4.79 Å². The molecule has 0 aliphatic carbocycles. The molecule has 0 unspecified atom stereocenters. The van der Waals surface area contributed by atoms with E-state index in [4.69, 9.17) is 5.11 Å². The zero-order valence-corrected chi connectivity index (χ0v) is 9.89. The molecule has 0 aliphatic heterocycles. The lowest BCUT2D eigenvalue weighted by Crippen LogP contribution is -2.34. The largest absolute Gasteiger partial charge is 0.478 e. The fourth-order valence-electron chi connectivity index (χ4n) is 1.21. The molecule has 0 spiro atoms. The first-order valence-electron chi connectivity index (χ1n) is 4.94. The Labute approximate surface area is 98.5 Å². The van der Waals surface area contributed by atoms with Crippen LogP contribution in [-0.4, -0.2) is 47.6 Å². The molecule has 17 heavy (non-hydrogen) atoms. The number of anilines is 1. The van der Waals surface area contributed by atoms with Gasteiger partial charge in [-0.1, -0.05) is 0 Å². The summed E-state index contributed by atoms with van der Waals surface area (Å²) in [5, 5.41) is 11.3. The van der Waals surface area contributed by atoms with Crippen LogP contribution >= 0.6 is 0 Å². The summed E-state index contributed by atoms with van der Waals surface area (Å²) in [5.74, 6) is -0.921. The van der Waals surface area contributed by atoms with Gasteiger partial charge in [-0.05, 0) is 6.92 Å². The minimum atomic E-state index is -1.07. The lowest BCUT2D eigenvalue weighted by molar-refractivity contribution is -0.119. The average Bonchev–Trinajstić information content (AvgIpc) is 2.28. The number of likely N-dealkylation sites (N-methyl/N-ethyl adjacent to an activating group) is 2. The number of carboxylic acid groups (broad SMARTS) is 1. The molecule has 0 aromatic carbocycles. The fraction of sp³-hybridized carbons (Fsp3) is 0.400. The first-order chi connectivity index (χ1) is 7.95. The first-order valence-corrected chi connectivity index (χ1v) is 4.94. The number of carbonyl (C=O) groups excluding carboxylic acids is 1. The van der Waals surface area contributed by atoms with Crippen molar-refractivity contribution in [1.82, 2.24) is 15.3 Å². The first kappa shape index (κ1) is 12.9. The van der Waals surface area contributed by atoms with Crippen molar-refractivity contribution in [1.29, 1.82) is 0 Å². The maximum Gasteiger partial charge on any atom is 0.339 e. The van der Waals surface area contributed by atoms with Crippen LogP contribution in [-0.2, 0) is 4.79 Å². The number of hydrogen-bond acceptors (Lipinski definition) is 5. The smallest absolute Gasteiger partial charge is 0.339 e. The van der Waals surface area contributed by atoms with Gasteiger partial charge in [0.15, 0.2) is 0 Å². The third kappa shape index (κ3) is 3.13. The molecule has 92 valence electrons. The molecule has 0 bridgehead atoms. The Kier molecular flexibility index (Phi) is 3.97. The number of aromatic nitrogens is 2. The number of amides is 1. The van der Waals surface area contributed by atoms with E-state index in [0.29, 0.717) is 11.6 Å². The number of aryl methyl sites for hydroxylation is 1. The number of nitrogens with zero attached hydrogens (tertiary/aromatic N) is 3. The summed E-state index contributed by atoms with van der Waals surface area (Å²) >= 11 is 0. The predicted molar refractivity (Wildman–Crippen MR) is 61.1 cm³/mol. The van der Waals surface area contributed by atoms with Crippen LogP contribution in [0.2, 0.25) is 0 Å². The molecule has 0 atom stereocenters. The normalized spacial score (nSPS) is 9.82. The van der Waals surface area contributed by atoms with E-state index >= 15 is 0 Å². The van der Waals surface area contributed by atoms with Crippen LogP contribution in [0.5, 0.6) is 0 Å². The zero-order valence-electron chi connectivity index (χ0n) is 9.89. The van der Waals surface area contributed by atoms with Crippen molar-refractivity contribution >= 4 is 17.8 Å². The van der Waals surface area contributed by atoms with E-state index in [2.05, 4.69) is 15.3 Å². The second kappa shape index (κ2) is 5.24. The highest BCUT2D eigenvalue weighted by molar-refractivity contribution is 5.88. The van der Waals surface area contributed by atoms with E-state index in [-0.39, 0.29) is 18.0 Å². The summed E-state index contributed by atoms with van der Waals surface area (Å²) in [5.41, 5.74) is 0.424. The van der Waals surface area contributed by atoms with Crippen LogP contribution in [0.25, 0.3) is 0 Å². The fourth-order valence-corrected chi connectivity index (χ4v) is 1.21. The Hall–Kier alpha value is -2.18. The van der Waals surface area contributed by atoms with Gasteiger partial charge >= 0.3 is 5.97 Å². The molecule has 7 heteroatoms. The van der Waals surface area contributed by atoms with E-state index in [1.54, 1.807) is 14.0 Å². The molecule has 2 N–H and O–H groups in total. The Morgan fingerprint density at radius 1 is 1.53 bits per heavy atom. The van der Waals surface area contributed by atoms with Crippen molar-refractivity contribution in [2.75, 3.05) is 25.5 Å². The number of carboxylic acids is 1. The van der Waals surface area contributed by atoms with Crippen molar-refractivity contribution < 1.29 is 14.7 Å². The minimum absolute atomic E-state index is 0.0575. The molecule has 0 aliphatic rings. The highest BCUT2D eigenvalue weighted by atomic mass is 16.4. The summed E-state index contributed by atoms with van der Waals surface area (Å²) < 4.78 is 0. The van der Waals surface area contributed by atoms with Gasteiger partial charge < -0.3 is 15.3 Å². The lowest BCUT2D eigenvalue weighted by atomic mass is 10.2. The highest BCUT2D eigenvalue weighted by Gasteiger charge is 2.13. The molecule has 0 saturated carbocycles. The quantitative estimate of drug-likeness (QED) is 0.745. The van der Waals surface area contributed by atoms with E-state index in [0.717, 1.165) is 0 Å². The maximum absolute atomic E-state index is 11.2. The second-order valence-electron chi connectivity index (χ2n) is 3.50. The molecular weight excluding hydrogens is 224 g/mol. The summed E-state index contributed by atoms with van der Waals surface area (Å²) in [4.78, 5) is 31.4. The number of nitrogens with one attached hydrogen (secondary N) is 1. The van der Waals surface area contributed by atoms with E-state index < -0.39 is 5.97 Å². The van der Waals surface area contributed by atoms with Crippen molar-refractivity contribution in [3.8, 4) is 0 Å². The second-order valence-corrected chi connectivity index (χ2v) is 3.50. The summed E-state index contributed by atoms with van der Waals surface area (Å²) in [6, 6.07) is 0. The third-order valence-electron chi connectivity index (χ3n) is 2.20. The standard InChI is InChI=1S/C10H14N4O3/c1-6-7(9(16)17)4-12-10(13-6)14(3)5-8(15)11-2/h4H,5H2,1-3H3,(H,11,15)(H,16,17). The Bertz CT molecular complexity index is 447. The highest BCUT2D eigenvalue weighted by Crippen LogP contribution is 2.09. The molecule has 1 rings (SSSR count). The van der Waals surface area contributed by atoms with Crippen molar-refractivity contribution in [2.24, 2.45) is 0 Å². The van der Waals surface area contributed by atoms with Crippen LogP contribution in [0.15, 0.2) is 6.20 Å². The Balaban J connectivity index is 2.89. The Morgan fingerprint density at radius 3 is 2.65 bits per heavy atom. The molecule has 1 aromatic heterocycles. The molecule has 0 saturated heterocycles. The van der Waals surface area contributed by atoms with Gasteiger partial charge in [-0.2, -0.15) is 0 Å². The number of hydrogen-bond donors (Lipinski definition) is 2. The van der Waals surface area contributed by atoms with Gasteiger partial charge in [-0.15, -0.1) is 0 Å². The van der Waals surface area contributed by atoms with Gasteiger partial charge in [0.2, 0.25) is 11.9 Å². The minimum Gasteiger partial charge on any atom is -0.478 e. The van der Waals surface area contributed by atoms with Gasteiger partial charge in [0.05, 0.1) is 17.8 Å². The van der Waals surface area contributed by atoms with E-state index in [1.165, 1.54) is 18.1 Å². The third-order valence-corrected chi connectivity index (χ3v) is 2.20. The van der Waals surface area contributed by atoms with Crippen molar-refractivity contribution in [3.63, 3.8) is 0 Å². The van der Waals surface area contributed by atoms with Crippen molar-refractivity contribution in [3.05, 3.63) is 17.5 Å². The zero-order chi connectivity index (χ0) is 13.0. The van der Waals surface area contributed by atoms with Gasteiger partial charge in [0.1, 0.15) is 0 Å². The molecule has 0 fully saturated rings. The summed E-state index contributed by atoms with van der Waals surface area (Å²) in [7, 11) is 3.19. The number of rotatable bonds is 4. The molecular formula is C10H14N4O3. The van der Waals surface area contributed by atoms with Crippen LogP contribution in [0.4, 0.5) is 5.95 Å². The van der Waals surface area contributed by atoms with E-state index in [1.807, 2.05) is 0 Å². The average molecular weight is 238 g/mol. The SMILES string of the molecule is CNC(=O)CN(C)c1ncc(C(=O)O)c(C)n1. The van der Waals surface area contributed by atoms with Crippen LogP contribution in [0.3, 0.4) is 0 Å². The monoisotopic (exact) mass is 238 g/mol. The molecule has 1 heterocycles. The topological polar surface area (TPSA) is 95.4 Å². The molecule has 1 amide bonds. The van der Waals surface area contributed by atoms with Crippen LogP contribution in [0, 0.1) is 6.92 Å². The van der Waals surface area contributed by atoms with Crippen LogP contribution in [0.1, 0.15) is 16.1 Å². The molecule has 7 nitrogen and oxygen atoms in total. The number of carbonyl (C=O) groups is 2. The van der Waals surface area contributed by atoms with Crippen molar-refractivity contribution in [2.45, 2.75) is 6.92 Å². The molecule has 0 radical (unpaired) electrons. The molecule has 1 aromatic rings. The number of aromatic carboxylic acids is 1. The van der Waals surface area contributed by atoms with Gasteiger partial charge in [0, 0.05) is 20.3 Å². The maximum atomic E-state index is 11.2. The van der Waals surface area contributed by atoms with Crippen LogP contribution < -0.4 is 10.2 Å². The lowest BCUT2D eigenvalue weighted by Gasteiger charge is -2.16. The van der Waals surface area contributed by atoms with E-state index in [9.17, 15) is 9.59 Å².